The highest BCUT2D eigenvalue weighted by molar-refractivity contribution is 9.10. The van der Waals surface area contributed by atoms with Gasteiger partial charge < -0.3 is 0 Å². The smallest absolute Gasteiger partial charge is 0.233 e. The third-order valence-electron chi connectivity index (χ3n) is 2.86. The first-order valence-electron chi connectivity index (χ1n) is 5.58. The van der Waals surface area contributed by atoms with Gasteiger partial charge in [0.2, 0.25) is 0 Å². The molecule has 0 spiro atoms. The second kappa shape index (κ2) is 5.33. The summed E-state index contributed by atoms with van der Waals surface area (Å²) >= 11 is 8.96. The molecule has 7 heteroatoms. The van der Waals surface area contributed by atoms with E-state index in [0.29, 0.717) is 15.7 Å². The number of aryl methyl sites for hydroxylation is 1. The number of hydrogen-bond donors (Lipinski definition) is 0. The zero-order valence-electron chi connectivity index (χ0n) is 10.5. The topological polar surface area (TPSA) is 25.8 Å². The van der Waals surface area contributed by atoms with Gasteiger partial charge in [-0.1, -0.05) is 27.5 Å². The molecule has 1 aromatic carbocycles. The molecule has 0 N–H and O–H groups in total. The van der Waals surface area contributed by atoms with Crippen LogP contribution in [0.15, 0.2) is 22.7 Å². The summed E-state index contributed by atoms with van der Waals surface area (Å²) in [5.41, 5.74) is 0.314. The minimum absolute atomic E-state index is 0.0297. The van der Waals surface area contributed by atoms with Crippen LogP contribution >= 0.6 is 27.5 Å². The summed E-state index contributed by atoms with van der Waals surface area (Å²) < 4.78 is 39.6. The number of nitrogens with zero attached hydrogens (tertiary/aromatic N) is 2. The summed E-state index contributed by atoms with van der Waals surface area (Å²) in [6.45, 7) is 3.40. The molecule has 0 saturated heterocycles. The van der Waals surface area contributed by atoms with Gasteiger partial charge in [0, 0.05) is 21.3 Å². The van der Waals surface area contributed by atoms with Crippen LogP contribution in [-0.4, -0.2) is 9.97 Å². The lowest BCUT2D eigenvalue weighted by atomic mass is 10.1. The van der Waals surface area contributed by atoms with Crippen molar-refractivity contribution in [1.29, 1.82) is 0 Å². The summed E-state index contributed by atoms with van der Waals surface area (Å²) in [5, 5.41) is 0.156. The van der Waals surface area contributed by atoms with E-state index in [1.54, 1.807) is 13.8 Å². The number of alkyl halides is 3. The van der Waals surface area contributed by atoms with Gasteiger partial charge in [0.25, 0.3) is 0 Å². The molecule has 0 unspecified atom stereocenters. The van der Waals surface area contributed by atoms with Crippen LogP contribution in [0.2, 0.25) is 5.15 Å². The van der Waals surface area contributed by atoms with Crippen LogP contribution in [-0.2, 0) is 6.18 Å². The molecule has 1 aromatic heterocycles. The Balaban J connectivity index is 2.70. The van der Waals surface area contributed by atoms with Crippen molar-refractivity contribution in [3.05, 3.63) is 44.6 Å². The van der Waals surface area contributed by atoms with Crippen LogP contribution < -0.4 is 0 Å². The zero-order chi connectivity index (χ0) is 15.1. The van der Waals surface area contributed by atoms with Crippen molar-refractivity contribution in [3.8, 4) is 11.4 Å². The number of halogens is 5. The Kier molecular flexibility index (Phi) is 4.07. The lowest BCUT2D eigenvalue weighted by molar-refractivity contribution is -0.137. The lowest BCUT2D eigenvalue weighted by Crippen LogP contribution is -2.09. The fourth-order valence-corrected chi connectivity index (χ4v) is 2.24. The maximum atomic E-state index is 13.1. The summed E-state index contributed by atoms with van der Waals surface area (Å²) in [6, 6.07) is 3.84. The van der Waals surface area contributed by atoms with Gasteiger partial charge in [0.15, 0.2) is 5.82 Å². The van der Waals surface area contributed by atoms with E-state index in [0.717, 1.165) is 6.07 Å². The highest BCUT2D eigenvalue weighted by Gasteiger charge is 2.34. The molecule has 0 bridgehead atoms. The van der Waals surface area contributed by atoms with E-state index in [1.165, 1.54) is 12.1 Å². The first-order valence-corrected chi connectivity index (χ1v) is 6.75. The fraction of sp³-hybridized carbons (Fsp3) is 0.231. The molecule has 106 valence electrons. The Morgan fingerprint density at radius 1 is 1.15 bits per heavy atom. The summed E-state index contributed by atoms with van der Waals surface area (Å²) in [6.07, 6.45) is -4.49. The van der Waals surface area contributed by atoms with Crippen LogP contribution in [0, 0.1) is 13.8 Å². The van der Waals surface area contributed by atoms with Crippen molar-refractivity contribution in [2.24, 2.45) is 0 Å². The van der Waals surface area contributed by atoms with Gasteiger partial charge in [0.05, 0.1) is 5.56 Å². The number of aromatic nitrogens is 2. The molecule has 0 aliphatic heterocycles. The molecule has 20 heavy (non-hydrogen) atoms. The molecular weight excluding hydrogens is 357 g/mol. The molecule has 1 heterocycles. The monoisotopic (exact) mass is 364 g/mol. The predicted octanol–water partition coefficient (Wildman–Crippen LogP) is 5.20. The maximum absolute atomic E-state index is 13.1. The Bertz CT molecular complexity index is 648. The molecule has 0 saturated carbocycles. The van der Waals surface area contributed by atoms with Crippen LogP contribution in [0.25, 0.3) is 11.4 Å². The van der Waals surface area contributed by atoms with Gasteiger partial charge >= 0.3 is 6.18 Å². The quantitative estimate of drug-likeness (QED) is 0.650. The fourth-order valence-electron chi connectivity index (χ4n) is 1.66. The van der Waals surface area contributed by atoms with E-state index in [1.807, 2.05) is 0 Å². The van der Waals surface area contributed by atoms with Crippen molar-refractivity contribution in [2.75, 3.05) is 0 Å². The van der Waals surface area contributed by atoms with Gasteiger partial charge in [-0.3, -0.25) is 0 Å². The molecule has 0 aliphatic carbocycles. The first-order chi connectivity index (χ1) is 9.20. The molecule has 0 radical (unpaired) electrons. The number of benzene rings is 1. The summed E-state index contributed by atoms with van der Waals surface area (Å²) in [5.74, 6) is -0.0297. The van der Waals surface area contributed by atoms with E-state index >= 15 is 0 Å². The van der Waals surface area contributed by atoms with Crippen molar-refractivity contribution >= 4 is 27.5 Å². The Morgan fingerprint density at radius 3 is 2.35 bits per heavy atom. The second-order valence-electron chi connectivity index (χ2n) is 4.24. The minimum Gasteiger partial charge on any atom is -0.233 e. The normalized spacial score (nSPS) is 11.8. The van der Waals surface area contributed by atoms with E-state index in [4.69, 9.17) is 11.6 Å². The third-order valence-corrected chi connectivity index (χ3v) is 3.72. The minimum atomic E-state index is -4.49. The predicted molar refractivity (Wildman–Crippen MR) is 74.7 cm³/mol. The third kappa shape index (κ3) is 2.96. The first kappa shape index (κ1) is 15.3. The van der Waals surface area contributed by atoms with Gasteiger partial charge in [0.1, 0.15) is 5.15 Å². The average molecular weight is 366 g/mol. The summed E-state index contributed by atoms with van der Waals surface area (Å²) in [7, 11) is 0. The van der Waals surface area contributed by atoms with Crippen molar-refractivity contribution in [3.63, 3.8) is 0 Å². The standard InChI is InChI=1S/C13H9BrClF3N2/c1-6-7(2)19-12(20-11(6)15)9-4-3-8(14)5-10(9)13(16,17)18/h3-5H,1-2H3. The average Bonchev–Trinajstić information content (AvgIpc) is 2.34. The van der Waals surface area contributed by atoms with E-state index < -0.39 is 11.7 Å². The maximum Gasteiger partial charge on any atom is 0.417 e. The number of hydrogen-bond acceptors (Lipinski definition) is 2. The van der Waals surface area contributed by atoms with Crippen LogP contribution in [0.1, 0.15) is 16.8 Å². The highest BCUT2D eigenvalue weighted by atomic mass is 79.9. The van der Waals surface area contributed by atoms with Crippen molar-refractivity contribution < 1.29 is 13.2 Å². The highest BCUT2D eigenvalue weighted by Crippen LogP contribution is 2.38. The Morgan fingerprint density at radius 2 is 1.80 bits per heavy atom. The SMILES string of the molecule is Cc1nc(-c2ccc(Br)cc2C(F)(F)F)nc(Cl)c1C. The molecule has 2 rings (SSSR count). The molecule has 2 nitrogen and oxygen atoms in total. The van der Waals surface area contributed by atoms with Gasteiger partial charge in [-0.2, -0.15) is 13.2 Å². The second-order valence-corrected chi connectivity index (χ2v) is 5.51. The number of rotatable bonds is 1. The van der Waals surface area contributed by atoms with Crippen molar-refractivity contribution in [2.45, 2.75) is 20.0 Å². The Labute approximate surface area is 127 Å². The molecular formula is C13H9BrClF3N2. The van der Waals surface area contributed by atoms with Crippen molar-refractivity contribution in [1.82, 2.24) is 9.97 Å². The van der Waals surface area contributed by atoms with Gasteiger partial charge in [-0.15, -0.1) is 0 Å². The van der Waals surface area contributed by atoms with Crippen LogP contribution in [0.3, 0.4) is 0 Å². The summed E-state index contributed by atoms with van der Waals surface area (Å²) in [4.78, 5) is 8.04. The molecule has 0 atom stereocenters. The molecule has 0 aliphatic rings. The molecule has 2 aromatic rings. The van der Waals surface area contributed by atoms with E-state index in [2.05, 4.69) is 25.9 Å². The zero-order valence-corrected chi connectivity index (χ0v) is 12.9. The van der Waals surface area contributed by atoms with E-state index in [9.17, 15) is 13.2 Å². The Hall–Kier alpha value is -1.14. The van der Waals surface area contributed by atoms with Gasteiger partial charge in [-0.05, 0) is 32.0 Å². The largest absolute Gasteiger partial charge is 0.417 e. The molecule has 0 fully saturated rings. The van der Waals surface area contributed by atoms with Gasteiger partial charge in [-0.25, -0.2) is 9.97 Å². The lowest BCUT2D eigenvalue weighted by Gasteiger charge is -2.13. The van der Waals surface area contributed by atoms with E-state index in [-0.39, 0.29) is 16.5 Å². The van der Waals surface area contributed by atoms with Crippen LogP contribution in [0.4, 0.5) is 13.2 Å². The van der Waals surface area contributed by atoms with Crippen LogP contribution in [0.5, 0.6) is 0 Å². The molecule has 0 amide bonds.